The van der Waals surface area contributed by atoms with Gasteiger partial charge in [0, 0.05) is 33.2 Å². The van der Waals surface area contributed by atoms with Crippen LogP contribution >= 0.6 is 27.3 Å². The molecule has 1 aliphatic heterocycles. The van der Waals surface area contributed by atoms with Gasteiger partial charge in [-0.15, -0.1) is 0 Å². The van der Waals surface area contributed by atoms with E-state index in [1.807, 2.05) is 30.3 Å². The van der Waals surface area contributed by atoms with E-state index in [1.165, 1.54) is 28.0 Å². The maximum Gasteiger partial charge on any atom is 0.338 e. The van der Waals surface area contributed by atoms with Crippen molar-refractivity contribution in [3.63, 3.8) is 0 Å². The minimum Gasteiger partial charge on any atom is -0.463 e. The lowest BCUT2D eigenvalue weighted by molar-refractivity contribution is -0.139. The second kappa shape index (κ2) is 11.3. The van der Waals surface area contributed by atoms with Crippen LogP contribution in [0.4, 0.5) is 4.39 Å². The quantitative estimate of drug-likeness (QED) is 0.213. The lowest BCUT2D eigenvalue weighted by Gasteiger charge is -2.24. The maximum absolute atomic E-state index is 14.1. The summed E-state index contributed by atoms with van der Waals surface area (Å²) in [4.78, 5) is 32.3. The van der Waals surface area contributed by atoms with E-state index < -0.39 is 17.8 Å². The number of carbonyl (C=O) groups is 1. The van der Waals surface area contributed by atoms with E-state index >= 15 is 0 Å². The van der Waals surface area contributed by atoms with Crippen LogP contribution in [-0.4, -0.2) is 21.7 Å². The largest absolute Gasteiger partial charge is 0.463 e. The van der Waals surface area contributed by atoms with Crippen molar-refractivity contribution in [3.05, 3.63) is 136 Å². The van der Waals surface area contributed by atoms with Gasteiger partial charge in [0.15, 0.2) is 4.80 Å². The molecule has 9 heteroatoms. The minimum atomic E-state index is -0.789. The van der Waals surface area contributed by atoms with Gasteiger partial charge in [0.25, 0.3) is 5.56 Å². The number of hydrogen-bond donors (Lipinski definition) is 0. The molecule has 0 N–H and O–H groups in total. The molecule has 5 aromatic rings. The molecule has 3 heterocycles. The first kappa shape index (κ1) is 28.1. The highest BCUT2D eigenvalue weighted by molar-refractivity contribution is 9.10. The fraction of sp³-hybridized carbons (Fsp3) is 0.182. The smallest absolute Gasteiger partial charge is 0.338 e. The van der Waals surface area contributed by atoms with E-state index in [0.717, 1.165) is 32.2 Å². The number of aromatic nitrogens is 2. The third-order valence-corrected chi connectivity index (χ3v) is 9.02. The van der Waals surface area contributed by atoms with E-state index in [-0.39, 0.29) is 17.7 Å². The van der Waals surface area contributed by atoms with Crippen molar-refractivity contribution in [2.75, 3.05) is 6.61 Å². The van der Waals surface area contributed by atoms with Crippen LogP contribution in [0.1, 0.15) is 42.3 Å². The van der Waals surface area contributed by atoms with Crippen molar-refractivity contribution in [2.24, 2.45) is 4.99 Å². The fourth-order valence-electron chi connectivity index (χ4n) is 5.50. The fourth-order valence-corrected chi connectivity index (χ4v) is 6.79. The standard InChI is InChI=1S/C33H27BrFN3O3S/c1-4-41-32(40)29-19(2)36-33-38(30(29)22-11-15-24(35)16-12-22)31(39)28(42-33)17-26-20(3)37(27-8-6-5-7-25(26)27)18-21-9-13-23(34)14-10-21/h5-17,30H,4,18H2,1-3H3/b28-17-/t30-/m0/s1. The summed E-state index contributed by atoms with van der Waals surface area (Å²) in [6.45, 7) is 6.39. The molecule has 0 radical (unpaired) electrons. The molecule has 212 valence electrons. The van der Waals surface area contributed by atoms with Crippen molar-refractivity contribution in [3.8, 4) is 0 Å². The summed E-state index contributed by atoms with van der Waals surface area (Å²) in [5.74, 6) is -0.950. The number of esters is 1. The molecule has 42 heavy (non-hydrogen) atoms. The highest BCUT2D eigenvalue weighted by atomic mass is 79.9. The summed E-state index contributed by atoms with van der Waals surface area (Å²) in [5, 5.41) is 1.04. The molecule has 0 saturated carbocycles. The van der Waals surface area contributed by atoms with Crippen molar-refractivity contribution >= 4 is 50.2 Å². The summed E-state index contributed by atoms with van der Waals surface area (Å²) in [7, 11) is 0. The Balaban J connectivity index is 1.54. The number of nitrogens with zero attached hydrogens (tertiary/aromatic N) is 3. The van der Waals surface area contributed by atoms with Crippen molar-refractivity contribution < 1.29 is 13.9 Å². The SMILES string of the molecule is CCOC(=O)C1=C(C)N=c2s/c(=C\c3c(C)n(Cc4ccc(Br)cc4)c4ccccc34)c(=O)n2[C@H]1c1ccc(F)cc1. The van der Waals surface area contributed by atoms with Gasteiger partial charge in [0.2, 0.25) is 0 Å². The van der Waals surface area contributed by atoms with E-state index in [1.54, 1.807) is 26.0 Å². The summed E-state index contributed by atoms with van der Waals surface area (Å²) < 4.78 is 24.5. The average molecular weight is 645 g/mol. The third-order valence-electron chi connectivity index (χ3n) is 7.51. The molecule has 6 rings (SSSR count). The zero-order valence-electron chi connectivity index (χ0n) is 23.2. The van der Waals surface area contributed by atoms with Crippen LogP contribution in [0.3, 0.4) is 0 Å². The van der Waals surface area contributed by atoms with Gasteiger partial charge in [0.05, 0.1) is 28.5 Å². The van der Waals surface area contributed by atoms with Gasteiger partial charge in [-0.3, -0.25) is 9.36 Å². The van der Waals surface area contributed by atoms with Gasteiger partial charge >= 0.3 is 5.97 Å². The molecule has 2 aromatic heterocycles. The molecule has 0 amide bonds. The van der Waals surface area contributed by atoms with Gasteiger partial charge in [-0.05, 0) is 68.3 Å². The Morgan fingerprint density at radius 1 is 1.07 bits per heavy atom. The van der Waals surface area contributed by atoms with Gasteiger partial charge in [-0.2, -0.15) is 0 Å². The van der Waals surface area contributed by atoms with Crippen LogP contribution in [0, 0.1) is 12.7 Å². The predicted molar refractivity (Wildman–Crippen MR) is 167 cm³/mol. The second-order valence-electron chi connectivity index (χ2n) is 10.1. The predicted octanol–water partition coefficient (Wildman–Crippen LogP) is 6.01. The van der Waals surface area contributed by atoms with E-state index in [0.29, 0.717) is 27.1 Å². The summed E-state index contributed by atoms with van der Waals surface area (Å²) >= 11 is 4.78. The first-order valence-electron chi connectivity index (χ1n) is 13.5. The van der Waals surface area contributed by atoms with Crippen molar-refractivity contribution in [1.82, 2.24) is 9.13 Å². The highest BCUT2D eigenvalue weighted by Gasteiger charge is 2.33. The molecular weight excluding hydrogens is 617 g/mol. The number of thiazole rings is 1. The van der Waals surface area contributed by atoms with Gasteiger partial charge < -0.3 is 9.30 Å². The van der Waals surface area contributed by atoms with Crippen LogP contribution in [0.2, 0.25) is 0 Å². The van der Waals surface area contributed by atoms with E-state index in [4.69, 9.17) is 4.74 Å². The Morgan fingerprint density at radius 2 is 1.79 bits per heavy atom. The number of carbonyl (C=O) groups excluding carboxylic acids is 1. The van der Waals surface area contributed by atoms with Crippen molar-refractivity contribution in [1.29, 1.82) is 0 Å². The van der Waals surface area contributed by atoms with Crippen LogP contribution in [0.25, 0.3) is 17.0 Å². The average Bonchev–Trinajstić information content (AvgIpc) is 3.42. The lowest BCUT2D eigenvalue weighted by Crippen LogP contribution is -2.39. The van der Waals surface area contributed by atoms with Crippen LogP contribution < -0.4 is 14.9 Å². The molecule has 1 atom stereocenters. The molecule has 0 unspecified atom stereocenters. The Hall–Kier alpha value is -4.08. The van der Waals surface area contributed by atoms with Gasteiger partial charge in [-0.25, -0.2) is 14.2 Å². The summed E-state index contributed by atoms with van der Waals surface area (Å²) in [6, 6.07) is 21.5. The second-order valence-corrected chi connectivity index (χ2v) is 12.0. The summed E-state index contributed by atoms with van der Waals surface area (Å²) in [5.41, 5.74) is 5.28. The van der Waals surface area contributed by atoms with Crippen LogP contribution in [-0.2, 0) is 16.1 Å². The molecular formula is C33H27BrFN3O3S. The first-order valence-corrected chi connectivity index (χ1v) is 15.1. The number of fused-ring (bicyclic) bond motifs is 2. The molecule has 0 spiro atoms. The Morgan fingerprint density at radius 3 is 2.50 bits per heavy atom. The zero-order valence-corrected chi connectivity index (χ0v) is 25.6. The van der Waals surface area contributed by atoms with Crippen LogP contribution in [0.5, 0.6) is 0 Å². The topological polar surface area (TPSA) is 65.6 Å². The number of hydrogen-bond acceptors (Lipinski definition) is 5. The number of para-hydroxylation sites is 1. The van der Waals surface area contributed by atoms with Gasteiger partial charge in [-0.1, -0.05) is 69.7 Å². The first-order chi connectivity index (χ1) is 20.3. The number of ether oxygens (including phenoxy) is 1. The molecule has 6 nitrogen and oxygen atoms in total. The van der Waals surface area contributed by atoms with E-state index in [2.05, 4.69) is 56.7 Å². The number of benzene rings is 3. The van der Waals surface area contributed by atoms with E-state index in [9.17, 15) is 14.0 Å². The number of rotatable bonds is 6. The minimum absolute atomic E-state index is 0.180. The molecule has 3 aromatic carbocycles. The highest BCUT2D eigenvalue weighted by Crippen LogP contribution is 2.31. The molecule has 0 bridgehead atoms. The van der Waals surface area contributed by atoms with Gasteiger partial charge in [0.1, 0.15) is 5.82 Å². The Kier molecular flexibility index (Phi) is 7.55. The maximum atomic E-state index is 14.1. The normalized spacial score (nSPS) is 15.2. The lowest BCUT2D eigenvalue weighted by atomic mass is 9.96. The third kappa shape index (κ3) is 4.97. The summed E-state index contributed by atoms with van der Waals surface area (Å²) in [6.07, 6.45) is 1.92. The Labute approximate surface area is 253 Å². The molecule has 0 fully saturated rings. The molecule has 0 aliphatic carbocycles. The number of halogens is 2. The zero-order chi connectivity index (χ0) is 29.5. The monoisotopic (exact) mass is 643 g/mol. The Bertz CT molecular complexity index is 2050. The molecule has 1 aliphatic rings. The van der Waals surface area contributed by atoms with Crippen LogP contribution in [0.15, 0.2) is 98.3 Å². The molecule has 0 saturated heterocycles. The number of allylic oxidation sites excluding steroid dienone is 1. The van der Waals surface area contributed by atoms with Crippen molar-refractivity contribution in [2.45, 2.75) is 33.4 Å².